The summed E-state index contributed by atoms with van der Waals surface area (Å²) < 4.78 is 14.6. The molecule has 0 N–H and O–H groups in total. The first kappa shape index (κ1) is 14.6. The molecule has 16 heavy (non-hydrogen) atoms. The Morgan fingerprint density at radius 2 is 1.75 bits per heavy atom. The summed E-state index contributed by atoms with van der Waals surface area (Å²) in [6, 6.07) is 0. The molecular formula is C11H18O5. The lowest BCUT2D eigenvalue weighted by molar-refractivity contribution is -0.155. The monoisotopic (exact) mass is 230 g/mol. The maximum absolute atomic E-state index is 11.2. The van der Waals surface area contributed by atoms with Crippen molar-refractivity contribution in [3.05, 3.63) is 12.2 Å². The van der Waals surface area contributed by atoms with E-state index in [4.69, 9.17) is 14.2 Å². The summed E-state index contributed by atoms with van der Waals surface area (Å²) in [6.45, 7) is 9.00. The summed E-state index contributed by atoms with van der Waals surface area (Å²) in [7, 11) is 0. The number of hydrogen-bond acceptors (Lipinski definition) is 5. The maximum atomic E-state index is 11.2. The van der Waals surface area contributed by atoms with Gasteiger partial charge in [-0.25, -0.2) is 9.59 Å². The predicted molar refractivity (Wildman–Crippen MR) is 57.8 cm³/mol. The number of ether oxygens (including phenoxy) is 3. The van der Waals surface area contributed by atoms with Crippen LogP contribution in [-0.2, 0) is 23.8 Å². The van der Waals surface area contributed by atoms with E-state index in [9.17, 15) is 9.59 Å². The summed E-state index contributed by atoms with van der Waals surface area (Å²) >= 11 is 0. The standard InChI is InChI=1S/C11H18O5/c1-5-14-10(12)8(3)7-16-9(4)11(13)15-6-2/h9H,3,5-7H2,1-2,4H3. The fourth-order valence-corrected chi connectivity index (χ4v) is 0.845. The third-order valence-corrected chi connectivity index (χ3v) is 1.69. The van der Waals surface area contributed by atoms with Gasteiger partial charge in [-0.1, -0.05) is 6.58 Å². The summed E-state index contributed by atoms with van der Waals surface area (Å²) in [5, 5.41) is 0. The molecule has 0 aliphatic rings. The van der Waals surface area contributed by atoms with Gasteiger partial charge in [0.2, 0.25) is 0 Å². The van der Waals surface area contributed by atoms with Crippen molar-refractivity contribution < 1.29 is 23.8 Å². The number of carbonyl (C=O) groups excluding carboxylic acids is 2. The van der Waals surface area contributed by atoms with Crippen molar-refractivity contribution in [3.63, 3.8) is 0 Å². The molecule has 0 aromatic heterocycles. The first-order valence-electron chi connectivity index (χ1n) is 5.16. The molecule has 0 rings (SSSR count). The minimum atomic E-state index is -0.717. The highest BCUT2D eigenvalue weighted by Gasteiger charge is 2.16. The number of hydrogen-bond donors (Lipinski definition) is 0. The smallest absolute Gasteiger partial charge is 0.335 e. The molecule has 0 amide bonds. The van der Waals surface area contributed by atoms with Gasteiger partial charge in [-0.05, 0) is 20.8 Å². The van der Waals surface area contributed by atoms with Crippen molar-refractivity contribution in [1.82, 2.24) is 0 Å². The first-order valence-corrected chi connectivity index (χ1v) is 5.16. The van der Waals surface area contributed by atoms with Crippen LogP contribution < -0.4 is 0 Å². The normalized spacial score (nSPS) is 11.7. The van der Waals surface area contributed by atoms with Crippen LogP contribution in [0, 0.1) is 0 Å². The van der Waals surface area contributed by atoms with Crippen molar-refractivity contribution in [2.75, 3.05) is 19.8 Å². The average molecular weight is 230 g/mol. The summed E-state index contributed by atoms with van der Waals surface area (Å²) in [4.78, 5) is 22.3. The highest BCUT2D eigenvalue weighted by Crippen LogP contribution is 2.01. The van der Waals surface area contributed by atoms with Crippen molar-refractivity contribution in [2.24, 2.45) is 0 Å². The van der Waals surface area contributed by atoms with Crippen molar-refractivity contribution in [2.45, 2.75) is 26.9 Å². The molecule has 0 aromatic carbocycles. The van der Waals surface area contributed by atoms with Crippen LogP contribution in [0.5, 0.6) is 0 Å². The Labute approximate surface area is 95.4 Å². The Morgan fingerprint density at radius 3 is 2.25 bits per heavy atom. The van der Waals surface area contributed by atoms with E-state index in [-0.39, 0.29) is 18.8 Å². The van der Waals surface area contributed by atoms with Gasteiger partial charge in [0.1, 0.15) is 0 Å². The van der Waals surface area contributed by atoms with Crippen LogP contribution in [0.15, 0.2) is 12.2 Å². The zero-order chi connectivity index (χ0) is 12.6. The molecule has 0 fully saturated rings. The quantitative estimate of drug-likeness (QED) is 0.483. The SMILES string of the molecule is C=C(COC(C)C(=O)OCC)C(=O)OCC. The highest BCUT2D eigenvalue weighted by atomic mass is 16.6. The Morgan fingerprint density at radius 1 is 1.19 bits per heavy atom. The Hall–Kier alpha value is -1.36. The van der Waals surface area contributed by atoms with Crippen molar-refractivity contribution >= 4 is 11.9 Å². The minimum Gasteiger partial charge on any atom is -0.464 e. The van der Waals surface area contributed by atoms with Crippen molar-refractivity contribution in [3.8, 4) is 0 Å². The lowest BCUT2D eigenvalue weighted by Gasteiger charge is -2.12. The fourth-order valence-electron chi connectivity index (χ4n) is 0.845. The van der Waals surface area contributed by atoms with Gasteiger partial charge in [0.15, 0.2) is 6.10 Å². The van der Waals surface area contributed by atoms with Crippen LogP contribution in [0.3, 0.4) is 0 Å². The Bertz CT molecular complexity index is 259. The molecule has 0 aliphatic carbocycles. The summed E-state index contributed by atoms with van der Waals surface area (Å²) in [6.07, 6.45) is -0.717. The number of carbonyl (C=O) groups is 2. The molecule has 0 bridgehead atoms. The fraction of sp³-hybridized carbons (Fsp3) is 0.636. The molecule has 0 saturated heterocycles. The van der Waals surface area contributed by atoms with Crippen LogP contribution in [0.1, 0.15) is 20.8 Å². The van der Waals surface area contributed by atoms with Crippen molar-refractivity contribution in [1.29, 1.82) is 0 Å². The molecule has 0 heterocycles. The summed E-state index contributed by atoms with van der Waals surface area (Å²) in [5.74, 6) is -0.974. The van der Waals surface area contributed by atoms with E-state index in [0.29, 0.717) is 6.61 Å². The van der Waals surface area contributed by atoms with E-state index in [0.717, 1.165) is 0 Å². The van der Waals surface area contributed by atoms with Gasteiger partial charge in [0.05, 0.1) is 25.4 Å². The zero-order valence-electron chi connectivity index (χ0n) is 9.95. The van der Waals surface area contributed by atoms with E-state index >= 15 is 0 Å². The summed E-state index contributed by atoms with van der Waals surface area (Å²) in [5.41, 5.74) is 0.179. The highest BCUT2D eigenvalue weighted by molar-refractivity contribution is 5.88. The molecule has 0 aromatic rings. The third-order valence-electron chi connectivity index (χ3n) is 1.69. The average Bonchev–Trinajstić information content (AvgIpc) is 2.25. The largest absolute Gasteiger partial charge is 0.464 e. The lowest BCUT2D eigenvalue weighted by atomic mass is 10.3. The number of rotatable bonds is 7. The van der Waals surface area contributed by atoms with E-state index in [1.165, 1.54) is 0 Å². The molecule has 92 valence electrons. The van der Waals surface area contributed by atoms with Gasteiger partial charge >= 0.3 is 11.9 Å². The molecule has 5 nitrogen and oxygen atoms in total. The van der Waals surface area contributed by atoms with E-state index in [2.05, 4.69) is 6.58 Å². The molecule has 0 aliphatic heterocycles. The van der Waals surface area contributed by atoms with Crippen LogP contribution in [0.25, 0.3) is 0 Å². The molecule has 1 atom stereocenters. The molecule has 0 saturated carbocycles. The van der Waals surface area contributed by atoms with Gasteiger partial charge in [-0.2, -0.15) is 0 Å². The molecule has 0 spiro atoms. The predicted octanol–water partition coefficient (Wildman–Crippen LogP) is 1.07. The van der Waals surface area contributed by atoms with Gasteiger partial charge in [-0.3, -0.25) is 0 Å². The molecule has 0 radical (unpaired) electrons. The van der Waals surface area contributed by atoms with Gasteiger partial charge in [0, 0.05) is 0 Å². The lowest BCUT2D eigenvalue weighted by Crippen LogP contribution is -2.25. The van der Waals surface area contributed by atoms with Crippen LogP contribution in [-0.4, -0.2) is 37.9 Å². The number of esters is 2. The van der Waals surface area contributed by atoms with E-state index < -0.39 is 18.0 Å². The first-order chi connectivity index (χ1) is 7.52. The van der Waals surface area contributed by atoms with E-state index in [1.54, 1.807) is 20.8 Å². The Kier molecular flexibility index (Phi) is 7.20. The van der Waals surface area contributed by atoms with Crippen LogP contribution >= 0.6 is 0 Å². The van der Waals surface area contributed by atoms with Crippen LogP contribution in [0.2, 0.25) is 0 Å². The second-order valence-electron chi connectivity index (χ2n) is 3.03. The second-order valence-corrected chi connectivity index (χ2v) is 3.03. The van der Waals surface area contributed by atoms with E-state index in [1.807, 2.05) is 0 Å². The van der Waals surface area contributed by atoms with Crippen LogP contribution in [0.4, 0.5) is 0 Å². The Balaban J connectivity index is 3.91. The van der Waals surface area contributed by atoms with Gasteiger partial charge in [-0.15, -0.1) is 0 Å². The maximum Gasteiger partial charge on any atom is 0.335 e. The second kappa shape index (κ2) is 7.87. The topological polar surface area (TPSA) is 61.8 Å². The third kappa shape index (κ3) is 5.50. The minimum absolute atomic E-state index is 0.0428. The molecule has 5 heteroatoms. The molecule has 1 unspecified atom stereocenters. The van der Waals surface area contributed by atoms with Gasteiger partial charge in [0.25, 0.3) is 0 Å². The van der Waals surface area contributed by atoms with Gasteiger partial charge < -0.3 is 14.2 Å². The molecular weight excluding hydrogens is 212 g/mol. The zero-order valence-corrected chi connectivity index (χ0v) is 9.95.